The Morgan fingerprint density at radius 3 is 2.29 bits per heavy atom. The number of aromatic nitrogens is 4. The highest BCUT2D eigenvalue weighted by molar-refractivity contribution is 5.93. The summed E-state index contributed by atoms with van der Waals surface area (Å²) in [5.41, 5.74) is 0.605. The number of piperidine rings is 1. The van der Waals surface area contributed by atoms with E-state index in [1.807, 2.05) is 31.1 Å². The number of rotatable bonds is 5. The monoisotopic (exact) mass is 382 g/mol. The maximum absolute atomic E-state index is 12.7. The summed E-state index contributed by atoms with van der Waals surface area (Å²) in [5, 5.41) is 13.5. The third-order valence-electron chi connectivity index (χ3n) is 5.89. The first-order valence-electron chi connectivity index (χ1n) is 9.75. The van der Waals surface area contributed by atoms with Crippen molar-refractivity contribution >= 4 is 11.9 Å². The number of anilines is 1. The number of amides is 1. The van der Waals surface area contributed by atoms with Crippen LogP contribution in [0.2, 0.25) is 0 Å². The van der Waals surface area contributed by atoms with Crippen molar-refractivity contribution in [3.05, 3.63) is 42.2 Å². The van der Waals surface area contributed by atoms with Crippen LogP contribution in [-0.2, 0) is 5.54 Å². The molecule has 2 fully saturated rings. The summed E-state index contributed by atoms with van der Waals surface area (Å²) in [5.74, 6) is 0.660. The Morgan fingerprint density at radius 1 is 1.14 bits per heavy atom. The molecule has 1 saturated heterocycles. The second-order valence-electron chi connectivity index (χ2n) is 8.35. The molecule has 1 aliphatic carbocycles. The Morgan fingerprint density at radius 2 is 1.75 bits per heavy atom. The lowest BCUT2D eigenvalue weighted by atomic mass is 9.83. The fraction of sp³-hybridized carbons (Fsp3) is 0.550. The second kappa shape index (κ2) is 7.09. The van der Waals surface area contributed by atoms with Crippen LogP contribution in [0.25, 0.3) is 0 Å². The van der Waals surface area contributed by atoms with Gasteiger partial charge in [0.1, 0.15) is 6.33 Å². The van der Waals surface area contributed by atoms with Gasteiger partial charge in [0, 0.05) is 43.4 Å². The van der Waals surface area contributed by atoms with Crippen molar-refractivity contribution in [1.82, 2.24) is 24.8 Å². The molecule has 1 amide bonds. The van der Waals surface area contributed by atoms with Crippen molar-refractivity contribution in [3.63, 3.8) is 0 Å². The molecule has 8 heteroatoms. The van der Waals surface area contributed by atoms with Gasteiger partial charge in [0.15, 0.2) is 0 Å². The first-order valence-corrected chi connectivity index (χ1v) is 9.75. The van der Waals surface area contributed by atoms with Crippen LogP contribution >= 0.6 is 0 Å². The molecule has 28 heavy (non-hydrogen) atoms. The maximum Gasteiger partial charge on any atom is 0.256 e. The van der Waals surface area contributed by atoms with Gasteiger partial charge in [-0.1, -0.05) is 0 Å². The standard InChI is InChI=1S/C20H26N6O2/c1-19(2,28)15-3-7-26(8-4-15)17(27)14-9-23-18(24-10-14)25-20(5-6-20)16-11-21-13-22-12-16/h9-13,15,28H,3-8H2,1-2H3,(H,23,24,25). The molecule has 0 aromatic carbocycles. The number of aliphatic hydroxyl groups is 1. The molecule has 1 saturated carbocycles. The number of carbonyl (C=O) groups is 1. The Balaban J connectivity index is 1.38. The van der Waals surface area contributed by atoms with E-state index in [0.717, 1.165) is 31.2 Å². The van der Waals surface area contributed by atoms with E-state index in [0.29, 0.717) is 24.6 Å². The number of hydrogen-bond donors (Lipinski definition) is 2. The third kappa shape index (κ3) is 3.82. The number of carbonyl (C=O) groups excluding carboxylic acids is 1. The Labute approximate surface area is 164 Å². The lowest BCUT2D eigenvalue weighted by Gasteiger charge is -2.37. The average molecular weight is 382 g/mol. The van der Waals surface area contributed by atoms with Gasteiger partial charge in [0.2, 0.25) is 5.95 Å². The zero-order valence-corrected chi connectivity index (χ0v) is 16.3. The molecule has 2 aromatic rings. The number of likely N-dealkylation sites (tertiary alicyclic amines) is 1. The fourth-order valence-electron chi connectivity index (χ4n) is 3.85. The normalized spacial score (nSPS) is 19.3. The van der Waals surface area contributed by atoms with Crippen molar-refractivity contribution in [1.29, 1.82) is 0 Å². The molecule has 4 rings (SSSR count). The summed E-state index contributed by atoms with van der Waals surface area (Å²) in [4.78, 5) is 31.4. The first kappa shape index (κ1) is 18.7. The van der Waals surface area contributed by atoms with Crippen LogP contribution in [0.4, 0.5) is 5.95 Å². The number of nitrogens with one attached hydrogen (secondary N) is 1. The van der Waals surface area contributed by atoms with Crippen molar-refractivity contribution in [2.45, 2.75) is 50.7 Å². The van der Waals surface area contributed by atoms with Gasteiger partial charge in [-0.25, -0.2) is 19.9 Å². The summed E-state index contributed by atoms with van der Waals surface area (Å²) in [6.45, 7) is 4.96. The van der Waals surface area contributed by atoms with E-state index in [9.17, 15) is 9.90 Å². The summed E-state index contributed by atoms with van der Waals surface area (Å²) in [6, 6.07) is 0. The first-order chi connectivity index (χ1) is 13.4. The van der Waals surface area contributed by atoms with Gasteiger partial charge in [-0.2, -0.15) is 0 Å². The minimum Gasteiger partial charge on any atom is -0.390 e. The van der Waals surface area contributed by atoms with Crippen molar-refractivity contribution in [2.24, 2.45) is 5.92 Å². The van der Waals surface area contributed by atoms with Crippen LogP contribution in [0.15, 0.2) is 31.1 Å². The summed E-state index contributed by atoms with van der Waals surface area (Å²) < 4.78 is 0. The van der Waals surface area contributed by atoms with Gasteiger partial charge in [0.05, 0.1) is 16.7 Å². The van der Waals surface area contributed by atoms with Crippen LogP contribution in [-0.4, -0.2) is 54.5 Å². The van der Waals surface area contributed by atoms with E-state index in [1.165, 1.54) is 6.33 Å². The molecular formula is C20H26N6O2. The van der Waals surface area contributed by atoms with Gasteiger partial charge in [0.25, 0.3) is 5.91 Å². The minimum atomic E-state index is -0.700. The van der Waals surface area contributed by atoms with Gasteiger partial charge < -0.3 is 15.3 Å². The van der Waals surface area contributed by atoms with Crippen LogP contribution in [0.1, 0.15) is 55.5 Å². The number of nitrogens with zero attached hydrogens (tertiary/aromatic N) is 5. The maximum atomic E-state index is 12.7. The van der Waals surface area contributed by atoms with Gasteiger partial charge >= 0.3 is 0 Å². The van der Waals surface area contributed by atoms with Crippen LogP contribution in [0, 0.1) is 5.92 Å². The summed E-state index contributed by atoms with van der Waals surface area (Å²) in [7, 11) is 0. The SMILES string of the molecule is CC(C)(O)C1CCN(C(=O)c2cnc(NC3(c4cncnc4)CC3)nc2)CC1. The topological polar surface area (TPSA) is 104 Å². The summed E-state index contributed by atoms with van der Waals surface area (Å²) >= 11 is 0. The predicted molar refractivity (Wildman–Crippen MR) is 104 cm³/mol. The highest BCUT2D eigenvalue weighted by Gasteiger charge is 2.45. The highest BCUT2D eigenvalue weighted by Crippen LogP contribution is 2.47. The molecule has 1 aliphatic heterocycles. The highest BCUT2D eigenvalue weighted by atomic mass is 16.3. The van der Waals surface area contributed by atoms with E-state index >= 15 is 0 Å². The smallest absolute Gasteiger partial charge is 0.256 e. The molecule has 2 aromatic heterocycles. The van der Waals surface area contributed by atoms with E-state index in [4.69, 9.17) is 0 Å². The molecule has 2 aliphatic rings. The van der Waals surface area contributed by atoms with Crippen molar-refractivity contribution < 1.29 is 9.90 Å². The molecule has 0 unspecified atom stereocenters. The molecule has 3 heterocycles. The van der Waals surface area contributed by atoms with Gasteiger partial charge in [-0.3, -0.25) is 4.79 Å². The Hall–Kier alpha value is -2.61. The van der Waals surface area contributed by atoms with Crippen molar-refractivity contribution in [2.75, 3.05) is 18.4 Å². The lowest BCUT2D eigenvalue weighted by molar-refractivity contribution is -0.0108. The summed E-state index contributed by atoms with van der Waals surface area (Å²) in [6.07, 6.45) is 11.8. The number of hydrogen-bond acceptors (Lipinski definition) is 7. The van der Waals surface area contributed by atoms with E-state index < -0.39 is 5.60 Å². The lowest BCUT2D eigenvalue weighted by Crippen LogP contribution is -2.44. The molecular weight excluding hydrogens is 356 g/mol. The van der Waals surface area contributed by atoms with Crippen LogP contribution in [0.5, 0.6) is 0 Å². The van der Waals surface area contributed by atoms with E-state index in [-0.39, 0.29) is 17.4 Å². The average Bonchev–Trinajstić information content (AvgIpc) is 3.49. The fourth-order valence-corrected chi connectivity index (χ4v) is 3.85. The molecule has 0 spiro atoms. The van der Waals surface area contributed by atoms with Crippen LogP contribution < -0.4 is 5.32 Å². The van der Waals surface area contributed by atoms with E-state index in [2.05, 4.69) is 25.3 Å². The predicted octanol–water partition coefficient (Wildman–Crippen LogP) is 1.99. The molecule has 148 valence electrons. The minimum absolute atomic E-state index is 0.0571. The molecule has 0 atom stereocenters. The van der Waals surface area contributed by atoms with Gasteiger partial charge in [-0.15, -0.1) is 0 Å². The van der Waals surface area contributed by atoms with Crippen molar-refractivity contribution in [3.8, 4) is 0 Å². The van der Waals surface area contributed by atoms with Crippen LogP contribution in [0.3, 0.4) is 0 Å². The zero-order chi connectivity index (χ0) is 19.8. The molecule has 0 bridgehead atoms. The Bertz CT molecular complexity index is 822. The third-order valence-corrected chi connectivity index (χ3v) is 5.89. The quantitative estimate of drug-likeness (QED) is 0.815. The van der Waals surface area contributed by atoms with Gasteiger partial charge in [-0.05, 0) is 45.4 Å². The molecule has 2 N–H and O–H groups in total. The molecule has 0 radical (unpaired) electrons. The Kier molecular flexibility index (Phi) is 4.74. The molecule has 8 nitrogen and oxygen atoms in total. The largest absolute Gasteiger partial charge is 0.390 e. The van der Waals surface area contributed by atoms with E-state index in [1.54, 1.807) is 12.4 Å². The zero-order valence-electron chi connectivity index (χ0n) is 16.3. The second-order valence-corrected chi connectivity index (χ2v) is 8.35.